The minimum absolute atomic E-state index is 0.233. The summed E-state index contributed by atoms with van der Waals surface area (Å²) in [6.45, 7) is 0.996. The average Bonchev–Trinajstić information content (AvgIpc) is 3.41. The molecule has 8 aromatic rings. The number of hydrogen-bond donors (Lipinski definition) is 0. The van der Waals surface area contributed by atoms with Crippen molar-refractivity contribution in [3.63, 3.8) is 0 Å². The van der Waals surface area contributed by atoms with Gasteiger partial charge in [0.15, 0.2) is 62.1 Å². The molecular formula is C50H23BCl8F12O2S. The summed E-state index contributed by atoms with van der Waals surface area (Å²) in [5, 5.41) is -13.9. The highest BCUT2D eigenvalue weighted by molar-refractivity contribution is 7.97. The summed E-state index contributed by atoms with van der Waals surface area (Å²) < 4.78 is 194. The molecule has 2 nitrogen and oxygen atoms in total. The lowest BCUT2D eigenvalue weighted by atomic mass is 9.12. The maximum absolute atomic E-state index is 16.0. The van der Waals surface area contributed by atoms with Crippen molar-refractivity contribution in [2.24, 2.45) is 0 Å². The van der Waals surface area contributed by atoms with Gasteiger partial charge in [-0.3, -0.25) is 0 Å². The summed E-state index contributed by atoms with van der Waals surface area (Å²) in [6.07, 6.45) is -5.62. The summed E-state index contributed by atoms with van der Waals surface area (Å²) in [6, 6.07) is 39.4. The first kappa shape index (κ1) is 57.0. The molecule has 0 saturated carbocycles. The van der Waals surface area contributed by atoms with Crippen LogP contribution in [0.2, 0.25) is 40.2 Å². The lowest BCUT2D eigenvalue weighted by molar-refractivity contribution is 0.214. The van der Waals surface area contributed by atoms with Gasteiger partial charge in [-0.05, 0) is 48.5 Å². The van der Waals surface area contributed by atoms with E-state index < -0.39 is 138 Å². The molecule has 0 aliphatic carbocycles. The van der Waals surface area contributed by atoms with E-state index in [1.807, 2.05) is 42.5 Å². The van der Waals surface area contributed by atoms with Crippen molar-refractivity contribution in [2.75, 3.05) is 13.2 Å². The Hall–Kier alpha value is -4.75. The summed E-state index contributed by atoms with van der Waals surface area (Å²) >= 11 is 46.6. The van der Waals surface area contributed by atoms with Crippen LogP contribution in [0.25, 0.3) is 0 Å². The first-order valence-electron chi connectivity index (χ1n) is 20.6. The molecule has 0 heterocycles. The van der Waals surface area contributed by atoms with Gasteiger partial charge in [-0.2, -0.15) is 0 Å². The van der Waals surface area contributed by atoms with E-state index in [4.69, 9.17) is 102 Å². The highest BCUT2D eigenvalue weighted by Gasteiger charge is 2.50. The highest BCUT2D eigenvalue weighted by atomic mass is 35.5. The van der Waals surface area contributed by atoms with Crippen molar-refractivity contribution in [1.29, 1.82) is 0 Å². The van der Waals surface area contributed by atoms with Gasteiger partial charge in [0.1, 0.15) is 59.3 Å². The predicted molar refractivity (Wildman–Crippen MR) is 269 cm³/mol. The standard InChI is InChI=1S/C26H23O2S.C24BCl8F12/c1-4-12-22(13-5-1)27-20-21-28-25-18-10-11-19-26(25)29(23-14-6-2-7-15-23)24-16-8-3-9-17-24;26-5-1(13(34)21(42)17(38)9(5)30)25(2-6(27)10(31)18(39)22(43)14(2)35,3-7(28)11(32)19(40)23(44)15(3)36)4-8(29)12(33)20(41)24(45)16(4)37/h1-19H,20-21H2;/q+1;-1. The van der Waals surface area contributed by atoms with Crippen molar-refractivity contribution in [1.82, 2.24) is 0 Å². The van der Waals surface area contributed by atoms with Crippen LogP contribution in [0.3, 0.4) is 0 Å². The zero-order valence-corrected chi connectivity index (χ0v) is 43.1. The van der Waals surface area contributed by atoms with Crippen molar-refractivity contribution >= 4 is 132 Å². The number of rotatable bonds is 12. The Kier molecular flexibility index (Phi) is 18.2. The molecule has 0 saturated heterocycles. The molecule has 8 rings (SSSR count). The summed E-state index contributed by atoms with van der Waals surface area (Å²) in [7, 11) is -0.233. The van der Waals surface area contributed by atoms with E-state index in [0.717, 1.165) is 11.5 Å². The molecule has 8 aromatic carbocycles. The molecular weight excluding hydrogens is 1190 g/mol. The lowest BCUT2D eigenvalue weighted by Crippen LogP contribution is -2.79. The van der Waals surface area contributed by atoms with E-state index in [9.17, 15) is 17.6 Å². The third-order valence-electron chi connectivity index (χ3n) is 11.1. The van der Waals surface area contributed by atoms with Gasteiger partial charge in [0.25, 0.3) is 0 Å². The van der Waals surface area contributed by atoms with Crippen LogP contribution < -0.4 is 31.3 Å². The zero-order valence-electron chi connectivity index (χ0n) is 36.2. The van der Waals surface area contributed by atoms with Gasteiger partial charge in [-0.15, -0.1) is 21.9 Å². The van der Waals surface area contributed by atoms with Gasteiger partial charge >= 0.3 is 0 Å². The van der Waals surface area contributed by atoms with Crippen LogP contribution in [0.4, 0.5) is 52.7 Å². The second-order valence-electron chi connectivity index (χ2n) is 15.2. The SMILES string of the molecule is Fc1c(F)c(Cl)c(Cl)c([B-](c2c(F)c(F)c(F)c(Cl)c2Cl)(c2c(F)c(F)c(F)c(Cl)c2Cl)c2c(F)c(F)c(F)c(Cl)c2Cl)c1F.c1ccc(OCCOc2ccccc2[S+](c2ccccc2)c2ccccc2)cc1. The second kappa shape index (κ2) is 23.7. The van der Waals surface area contributed by atoms with Crippen molar-refractivity contribution in [3.8, 4) is 11.5 Å². The summed E-state index contributed by atoms with van der Waals surface area (Å²) in [4.78, 5) is 3.73. The van der Waals surface area contributed by atoms with Crippen LogP contribution in [-0.2, 0) is 10.9 Å². The van der Waals surface area contributed by atoms with Crippen molar-refractivity contribution < 1.29 is 62.2 Å². The third-order valence-corrected chi connectivity index (χ3v) is 16.7. The molecule has 0 aliphatic rings. The fraction of sp³-hybridized carbons (Fsp3) is 0.0400. The van der Waals surface area contributed by atoms with Crippen LogP contribution in [-0.4, -0.2) is 19.4 Å². The Balaban J connectivity index is 0.000000237. The maximum atomic E-state index is 16.0. The fourth-order valence-electron chi connectivity index (χ4n) is 7.94. The van der Waals surface area contributed by atoms with Gasteiger partial charge in [0.05, 0.1) is 20.1 Å². The first-order chi connectivity index (χ1) is 35.1. The van der Waals surface area contributed by atoms with Crippen LogP contribution in [0.15, 0.2) is 130 Å². The zero-order chi connectivity index (χ0) is 54.1. The molecule has 74 heavy (non-hydrogen) atoms. The molecule has 24 heteroatoms. The van der Waals surface area contributed by atoms with E-state index in [2.05, 4.69) is 72.8 Å². The topological polar surface area (TPSA) is 18.5 Å². The molecule has 0 bridgehead atoms. The normalized spacial score (nSPS) is 11.5. The van der Waals surface area contributed by atoms with Crippen molar-refractivity contribution in [3.05, 3.63) is 225 Å². The summed E-state index contributed by atoms with van der Waals surface area (Å²) in [5.41, 5.74) is -8.47. The van der Waals surface area contributed by atoms with Gasteiger partial charge in [-0.1, -0.05) is 160 Å². The average molecular weight is 1210 g/mol. The minimum Gasteiger partial charge on any atom is -0.490 e. The maximum Gasteiger partial charge on any atom is 0.208 e. The van der Waals surface area contributed by atoms with E-state index in [0.29, 0.717) is 13.2 Å². The number of benzene rings is 8. The van der Waals surface area contributed by atoms with E-state index >= 15 is 35.1 Å². The fourth-order valence-corrected chi connectivity index (χ4v) is 12.2. The molecule has 0 amide bonds. The molecule has 384 valence electrons. The minimum atomic E-state index is -5.62. The van der Waals surface area contributed by atoms with Gasteiger partial charge in [-0.25, -0.2) is 52.7 Å². The first-order valence-corrected chi connectivity index (χ1v) is 24.8. The summed E-state index contributed by atoms with van der Waals surface area (Å²) in [5.74, 6) is -29.5. The third kappa shape index (κ3) is 10.3. The Bertz CT molecular complexity index is 3010. The molecule has 0 N–H and O–H groups in total. The van der Waals surface area contributed by atoms with Gasteiger partial charge in [0.2, 0.25) is 4.90 Å². The van der Waals surface area contributed by atoms with Crippen LogP contribution in [0.1, 0.15) is 0 Å². The monoisotopic (exact) mass is 1210 g/mol. The number of para-hydroxylation sites is 2. The smallest absolute Gasteiger partial charge is 0.208 e. The lowest BCUT2D eigenvalue weighted by Gasteiger charge is -2.46. The Labute approximate surface area is 455 Å². The second-order valence-corrected chi connectivity index (χ2v) is 20.2. The van der Waals surface area contributed by atoms with E-state index in [1.54, 1.807) is 0 Å². The Morgan fingerprint density at radius 1 is 0.311 bits per heavy atom. The molecule has 0 aromatic heterocycles. The number of halogens is 20. The Morgan fingerprint density at radius 2 is 0.595 bits per heavy atom. The largest absolute Gasteiger partial charge is 0.490 e. The molecule has 0 atom stereocenters. The van der Waals surface area contributed by atoms with Crippen LogP contribution in [0, 0.1) is 69.8 Å². The van der Waals surface area contributed by atoms with E-state index in [1.165, 1.54) is 14.7 Å². The quantitative estimate of drug-likeness (QED) is 0.0303. The van der Waals surface area contributed by atoms with Gasteiger partial charge < -0.3 is 9.47 Å². The molecule has 0 fully saturated rings. The number of ether oxygens (including phenoxy) is 2. The number of hydrogen-bond acceptors (Lipinski definition) is 2. The van der Waals surface area contributed by atoms with Crippen molar-refractivity contribution in [2.45, 2.75) is 14.7 Å². The van der Waals surface area contributed by atoms with E-state index in [-0.39, 0.29) is 10.9 Å². The Morgan fingerprint density at radius 3 is 0.932 bits per heavy atom. The predicted octanol–water partition coefficient (Wildman–Crippen LogP) is 16.2. The van der Waals surface area contributed by atoms with Crippen LogP contribution in [0.5, 0.6) is 11.5 Å². The van der Waals surface area contributed by atoms with Crippen LogP contribution >= 0.6 is 92.8 Å². The molecule has 0 aliphatic heterocycles. The molecule has 0 radical (unpaired) electrons. The molecule has 0 spiro atoms. The molecule has 0 unspecified atom stereocenters. The highest BCUT2D eigenvalue weighted by Crippen LogP contribution is 2.41. The van der Waals surface area contributed by atoms with Gasteiger partial charge in [0, 0.05) is 20.1 Å².